The van der Waals surface area contributed by atoms with Gasteiger partial charge >= 0.3 is 5.97 Å². The van der Waals surface area contributed by atoms with Gasteiger partial charge in [0.05, 0.1) is 12.6 Å². The summed E-state index contributed by atoms with van der Waals surface area (Å²) in [6, 6.07) is 2.49. The Kier molecular flexibility index (Phi) is 4.65. The van der Waals surface area contributed by atoms with Crippen LogP contribution in [0, 0.1) is 0 Å². The Hall–Kier alpha value is -2.70. The molecule has 7 heteroatoms. The summed E-state index contributed by atoms with van der Waals surface area (Å²) in [5.74, 6) is -1.41. The lowest BCUT2D eigenvalue weighted by Gasteiger charge is -2.14. The minimum Gasteiger partial charge on any atom is -0.480 e. The van der Waals surface area contributed by atoms with Gasteiger partial charge in [-0.3, -0.25) is 14.5 Å². The number of nitrogens with zero attached hydrogens (tertiary/aromatic N) is 3. The number of hydrogen-bond donors (Lipinski definition) is 2. The van der Waals surface area contributed by atoms with Crippen LogP contribution in [0.5, 0.6) is 0 Å². The van der Waals surface area contributed by atoms with Crippen LogP contribution < -0.4 is 5.32 Å². The van der Waals surface area contributed by atoms with Crippen molar-refractivity contribution in [3.8, 4) is 0 Å². The van der Waals surface area contributed by atoms with E-state index in [-0.39, 0.29) is 18.7 Å². The molecule has 0 radical (unpaired) electrons. The molecule has 0 saturated carbocycles. The third kappa shape index (κ3) is 4.41. The zero-order chi connectivity index (χ0) is 15.2. The molecule has 0 aromatic carbocycles. The lowest BCUT2D eigenvalue weighted by Crippen LogP contribution is -2.43. The number of carboxylic acid groups (broad SMARTS) is 1. The van der Waals surface area contributed by atoms with E-state index < -0.39 is 12.0 Å². The van der Waals surface area contributed by atoms with Crippen LogP contribution in [-0.4, -0.2) is 37.8 Å². The fourth-order valence-electron chi connectivity index (χ4n) is 1.95. The Balaban J connectivity index is 1.96. The molecule has 1 atom stereocenters. The molecule has 0 aliphatic heterocycles. The number of aromatic nitrogens is 3. The number of aryl methyl sites for hydroxylation is 1. The van der Waals surface area contributed by atoms with Gasteiger partial charge in [-0.05, 0) is 23.3 Å². The Morgan fingerprint density at radius 3 is 2.62 bits per heavy atom. The third-order valence-corrected chi connectivity index (χ3v) is 2.95. The Labute approximate surface area is 121 Å². The van der Waals surface area contributed by atoms with Crippen molar-refractivity contribution in [2.24, 2.45) is 7.05 Å². The summed E-state index contributed by atoms with van der Waals surface area (Å²) in [6.45, 7) is 0. The molecular weight excluding hydrogens is 272 g/mol. The van der Waals surface area contributed by atoms with Crippen LogP contribution in [0.25, 0.3) is 0 Å². The van der Waals surface area contributed by atoms with E-state index in [1.54, 1.807) is 48.6 Å². The van der Waals surface area contributed by atoms with Crippen molar-refractivity contribution >= 4 is 11.9 Å². The summed E-state index contributed by atoms with van der Waals surface area (Å²) in [6.07, 6.45) is 6.80. The summed E-state index contributed by atoms with van der Waals surface area (Å²) in [7, 11) is 1.75. The molecule has 0 spiro atoms. The molecule has 21 heavy (non-hydrogen) atoms. The normalized spacial score (nSPS) is 11.9. The van der Waals surface area contributed by atoms with Gasteiger partial charge in [0.25, 0.3) is 0 Å². The molecule has 1 unspecified atom stereocenters. The molecule has 0 aliphatic rings. The van der Waals surface area contributed by atoms with Crippen molar-refractivity contribution in [3.63, 3.8) is 0 Å². The van der Waals surface area contributed by atoms with Crippen LogP contribution in [0.4, 0.5) is 0 Å². The second-order valence-corrected chi connectivity index (χ2v) is 4.72. The van der Waals surface area contributed by atoms with E-state index in [4.69, 9.17) is 0 Å². The summed E-state index contributed by atoms with van der Waals surface area (Å²) in [5, 5.41) is 15.7. The van der Waals surface area contributed by atoms with Crippen molar-refractivity contribution in [2.75, 3.05) is 0 Å². The van der Waals surface area contributed by atoms with E-state index in [0.29, 0.717) is 0 Å². The predicted molar refractivity (Wildman–Crippen MR) is 74.4 cm³/mol. The van der Waals surface area contributed by atoms with Gasteiger partial charge in [0, 0.05) is 32.1 Å². The second kappa shape index (κ2) is 6.65. The van der Waals surface area contributed by atoms with Gasteiger partial charge in [0.15, 0.2) is 0 Å². The number of carboxylic acids is 1. The first kappa shape index (κ1) is 14.7. The number of carbonyl (C=O) groups excluding carboxylic acids is 1. The quantitative estimate of drug-likeness (QED) is 0.789. The summed E-state index contributed by atoms with van der Waals surface area (Å²) < 4.78 is 1.59. The Bertz CT molecular complexity index is 624. The van der Waals surface area contributed by atoms with E-state index >= 15 is 0 Å². The molecule has 2 aromatic rings. The third-order valence-electron chi connectivity index (χ3n) is 2.95. The minimum atomic E-state index is -1.06. The first-order valence-corrected chi connectivity index (χ1v) is 6.43. The molecule has 110 valence electrons. The summed E-state index contributed by atoms with van der Waals surface area (Å²) >= 11 is 0. The van der Waals surface area contributed by atoms with Gasteiger partial charge in [0.1, 0.15) is 6.04 Å². The van der Waals surface area contributed by atoms with Crippen molar-refractivity contribution in [1.29, 1.82) is 0 Å². The highest BCUT2D eigenvalue weighted by atomic mass is 16.4. The molecule has 2 N–H and O–H groups in total. The van der Waals surface area contributed by atoms with Crippen LogP contribution in [-0.2, 0) is 29.5 Å². The zero-order valence-corrected chi connectivity index (χ0v) is 11.6. The molecular formula is C14H16N4O3. The zero-order valence-electron chi connectivity index (χ0n) is 11.6. The van der Waals surface area contributed by atoms with Gasteiger partial charge in [0.2, 0.25) is 5.91 Å². The number of amides is 1. The molecule has 2 rings (SSSR count). The molecule has 0 aliphatic carbocycles. The highest BCUT2D eigenvalue weighted by Gasteiger charge is 2.20. The van der Waals surface area contributed by atoms with Crippen LogP contribution in [0.15, 0.2) is 36.9 Å². The van der Waals surface area contributed by atoms with Crippen LogP contribution in [0.2, 0.25) is 0 Å². The lowest BCUT2D eigenvalue weighted by atomic mass is 10.1. The number of hydrogen-bond acceptors (Lipinski definition) is 4. The molecule has 1 amide bonds. The fraction of sp³-hybridized carbons (Fsp3) is 0.286. The van der Waals surface area contributed by atoms with Gasteiger partial charge in [-0.1, -0.05) is 0 Å². The maximum absolute atomic E-state index is 11.9. The number of pyridine rings is 1. The number of carbonyl (C=O) groups is 2. The van der Waals surface area contributed by atoms with Crippen molar-refractivity contribution < 1.29 is 14.7 Å². The standard InChI is InChI=1S/C14H16N4O3/c1-18-9-11(8-16-18)7-13(19)17-12(14(20)21)6-10-2-4-15-5-3-10/h2-5,8-9,12H,6-7H2,1H3,(H,17,19)(H,20,21). The maximum Gasteiger partial charge on any atom is 0.326 e. The van der Waals surface area contributed by atoms with E-state index in [1.165, 1.54) is 0 Å². The van der Waals surface area contributed by atoms with E-state index in [2.05, 4.69) is 15.4 Å². The highest BCUT2D eigenvalue weighted by molar-refractivity contribution is 5.84. The maximum atomic E-state index is 11.9. The van der Waals surface area contributed by atoms with E-state index in [0.717, 1.165) is 11.1 Å². The van der Waals surface area contributed by atoms with E-state index in [1.807, 2.05) is 0 Å². The van der Waals surface area contributed by atoms with Crippen LogP contribution in [0.3, 0.4) is 0 Å². The topological polar surface area (TPSA) is 97.1 Å². The van der Waals surface area contributed by atoms with Gasteiger partial charge < -0.3 is 10.4 Å². The fourth-order valence-corrected chi connectivity index (χ4v) is 1.95. The van der Waals surface area contributed by atoms with Gasteiger partial charge in [-0.15, -0.1) is 0 Å². The largest absolute Gasteiger partial charge is 0.480 e. The van der Waals surface area contributed by atoms with E-state index in [9.17, 15) is 14.7 Å². The monoisotopic (exact) mass is 288 g/mol. The number of aliphatic carboxylic acids is 1. The highest BCUT2D eigenvalue weighted by Crippen LogP contribution is 2.03. The molecule has 0 saturated heterocycles. The molecule has 2 heterocycles. The smallest absolute Gasteiger partial charge is 0.326 e. The van der Waals surface area contributed by atoms with Crippen molar-refractivity contribution in [3.05, 3.63) is 48.0 Å². The van der Waals surface area contributed by atoms with Crippen molar-refractivity contribution in [1.82, 2.24) is 20.1 Å². The molecule has 0 bridgehead atoms. The molecule has 0 fully saturated rings. The Morgan fingerprint density at radius 2 is 2.05 bits per heavy atom. The number of nitrogens with one attached hydrogen (secondary N) is 1. The van der Waals surface area contributed by atoms with Crippen molar-refractivity contribution in [2.45, 2.75) is 18.9 Å². The molecule has 2 aromatic heterocycles. The first-order valence-electron chi connectivity index (χ1n) is 6.43. The average Bonchev–Trinajstić information content (AvgIpc) is 2.84. The predicted octanol–water partition coefficient (Wildman–Crippen LogP) is 0.170. The number of rotatable bonds is 6. The lowest BCUT2D eigenvalue weighted by molar-refractivity contribution is -0.141. The second-order valence-electron chi connectivity index (χ2n) is 4.72. The van der Waals surface area contributed by atoms with Crippen LogP contribution in [0.1, 0.15) is 11.1 Å². The van der Waals surface area contributed by atoms with Crippen LogP contribution >= 0.6 is 0 Å². The average molecular weight is 288 g/mol. The minimum absolute atomic E-state index is 0.105. The first-order chi connectivity index (χ1) is 10.0. The molecule has 7 nitrogen and oxygen atoms in total. The van der Waals surface area contributed by atoms with Gasteiger partial charge in [-0.25, -0.2) is 4.79 Å². The summed E-state index contributed by atoms with van der Waals surface area (Å²) in [5.41, 5.74) is 1.54. The van der Waals surface area contributed by atoms with Gasteiger partial charge in [-0.2, -0.15) is 5.10 Å². The Morgan fingerprint density at radius 1 is 1.33 bits per heavy atom. The SMILES string of the molecule is Cn1cc(CC(=O)NC(Cc2ccncc2)C(=O)O)cn1. The summed E-state index contributed by atoms with van der Waals surface area (Å²) in [4.78, 5) is 27.0.